The summed E-state index contributed by atoms with van der Waals surface area (Å²) in [5, 5.41) is 3.28. The van der Waals surface area contributed by atoms with Crippen molar-refractivity contribution in [2.24, 2.45) is 0 Å². The van der Waals surface area contributed by atoms with Crippen molar-refractivity contribution in [3.63, 3.8) is 0 Å². The molecule has 1 heterocycles. The van der Waals surface area contributed by atoms with E-state index in [1.807, 2.05) is 0 Å². The van der Waals surface area contributed by atoms with Gasteiger partial charge in [-0.3, -0.25) is 4.79 Å². The van der Waals surface area contributed by atoms with Crippen molar-refractivity contribution in [1.82, 2.24) is 0 Å². The van der Waals surface area contributed by atoms with E-state index >= 15 is 0 Å². The molecule has 1 aliphatic rings. The predicted molar refractivity (Wildman–Crippen MR) is 60.0 cm³/mol. The third-order valence-corrected chi connectivity index (χ3v) is 2.68. The fourth-order valence-corrected chi connectivity index (χ4v) is 1.54. The van der Waals surface area contributed by atoms with E-state index in [0.29, 0.717) is 22.2 Å². The van der Waals surface area contributed by atoms with Gasteiger partial charge in [0.25, 0.3) is 0 Å². The molecular formula is C9H7BrClNO3. The van der Waals surface area contributed by atoms with Gasteiger partial charge in [-0.1, -0.05) is 27.5 Å². The van der Waals surface area contributed by atoms with Gasteiger partial charge in [-0.05, 0) is 0 Å². The van der Waals surface area contributed by atoms with E-state index in [2.05, 4.69) is 21.2 Å². The van der Waals surface area contributed by atoms with Crippen LogP contribution >= 0.6 is 27.5 Å². The van der Waals surface area contributed by atoms with Crippen molar-refractivity contribution in [2.45, 2.75) is 0 Å². The first-order valence-electron chi connectivity index (χ1n) is 4.15. The van der Waals surface area contributed by atoms with Crippen molar-refractivity contribution < 1.29 is 14.3 Å². The molecule has 1 amide bonds. The third-order valence-electron chi connectivity index (χ3n) is 1.86. The van der Waals surface area contributed by atoms with Gasteiger partial charge >= 0.3 is 0 Å². The smallest absolute Gasteiger partial charge is 0.235 e. The summed E-state index contributed by atoms with van der Waals surface area (Å²) in [5.41, 5.74) is 0.519. The molecule has 0 bridgehead atoms. The lowest BCUT2D eigenvalue weighted by Gasteiger charge is -2.06. The van der Waals surface area contributed by atoms with Gasteiger partial charge in [0.2, 0.25) is 12.7 Å². The second-order valence-corrected chi connectivity index (χ2v) is 3.84. The zero-order valence-corrected chi connectivity index (χ0v) is 9.89. The van der Waals surface area contributed by atoms with Gasteiger partial charge in [-0.2, -0.15) is 0 Å². The summed E-state index contributed by atoms with van der Waals surface area (Å²) >= 11 is 8.99. The van der Waals surface area contributed by atoms with Gasteiger partial charge in [0, 0.05) is 12.1 Å². The Morgan fingerprint density at radius 2 is 2.13 bits per heavy atom. The number of amides is 1. The van der Waals surface area contributed by atoms with E-state index in [0.717, 1.165) is 0 Å². The van der Waals surface area contributed by atoms with E-state index in [-0.39, 0.29) is 18.0 Å². The maximum absolute atomic E-state index is 11.1. The monoisotopic (exact) mass is 291 g/mol. The molecule has 0 radical (unpaired) electrons. The molecule has 0 atom stereocenters. The van der Waals surface area contributed by atoms with Crippen LogP contribution in [0.4, 0.5) is 5.69 Å². The van der Waals surface area contributed by atoms with E-state index in [1.54, 1.807) is 12.1 Å². The molecule has 1 aromatic rings. The van der Waals surface area contributed by atoms with Crippen molar-refractivity contribution in [1.29, 1.82) is 0 Å². The highest BCUT2D eigenvalue weighted by Crippen LogP contribution is 2.39. The summed E-state index contributed by atoms with van der Waals surface area (Å²) < 4.78 is 10.3. The third kappa shape index (κ3) is 2.18. The average molecular weight is 293 g/mol. The molecule has 0 aromatic heterocycles. The van der Waals surface area contributed by atoms with Crippen molar-refractivity contribution in [3.05, 3.63) is 17.2 Å². The molecule has 1 N–H and O–H groups in total. The quantitative estimate of drug-likeness (QED) is 0.852. The fraction of sp³-hybridized carbons (Fsp3) is 0.222. The predicted octanol–water partition coefficient (Wildman–Crippen LogP) is 2.40. The largest absolute Gasteiger partial charge is 0.454 e. The number of carbonyl (C=O) groups excluding carboxylic acids is 1. The van der Waals surface area contributed by atoms with Crippen LogP contribution in [0.25, 0.3) is 0 Å². The van der Waals surface area contributed by atoms with E-state index < -0.39 is 0 Å². The van der Waals surface area contributed by atoms with Crippen LogP contribution in [-0.2, 0) is 4.79 Å². The van der Waals surface area contributed by atoms with Gasteiger partial charge in [-0.15, -0.1) is 0 Å². The summed E-state index contributed by atoms with van der Waals surface area (Å²) in [6, 6.07) is 3.26. The van der Waals surface area contributed by atoms with E-state index in [1.165, 1.54) is 0 Å². The molecule has 6 heteroatoms. The molecule has 0 fully saturated rings. The van der Waals surface area contributed by atoms with Gasteiger partial charge < -0.3 is 14.8 Å². The van der Waals surface area contributed by atoms with Crippen LogP contribution in [-0.4, -0.2) is 18.0 Å². The molecule has 0 saturated heterocycles. The maximum Gasteiger partial charge on any atom is 0.235 e. The highest BCUT2D eigenvalue weighted by molar-refractivity contribution is 9.09. The molecule has 15 heavy (non-hydrogen) atoms. The molecular weight excluding hydrogens is 285 g/mol. The molecule has 0 spiro atoms. The van der Waals surface area contributed by atoms with E-state index in [4.69, 9.17) is 21.1 Å². The molecule has 0 saturated carbocycles. The Balaban J connectivity index is 2.28. The van der Waals surface area contributed by atoms with Gasteiger partial charge in [0.15, 0.2) is 11.5 Å². The zero-order chi connectivity index (χ0) is 10.8. The number of alkyl halides is 1. The second kappa shape index (κ2) is 4.28. The Morgan fingerprint density at radius 3 is 2.80 bits per heavy atom. The standard InChI is InChI=1S/C9H7BrClNO3/c10-3-9(13)12-6-2-8-7(1-5(6)11)14-4-15-8/h1-2H,3-4H2,(H,12,13). The number of benzene rings is 1. The topological polar surface area (TPSA) is 47.6 Å². The Bertz CT molecular complexity index is 411. The number of carbonyl (C=O) groups is 1. The first kappa shape index (κ1) is 10.6. The van der Waals surface area contributed by atoms with Crippen LogP contribution in [0.1, 0.15) is 0 Å². The fourth-order valence-electron chi connectivity index (χ4n) is 1.20. The van der Waals surface area contributed by atoms with E-state index in [9.17, 15) is 4.79 Å². The van der Waals surface area contributed by atoms with Gasteiger partial charge in [-0.25, -0.2) is 0 Å². The maximum atomic E-state index is 11.1. The van der Waals surface area contributed by atoms with Gasteiger partial charge in [0.05, 0.1) is 16.0 Å². The SMILES string of the molecule is O=C(CBr)Nc1cc2c(cc1Cl)OCO2. The lowest BCUT2D eigenvalue weighted by Crippen LogP contribution is -2.12. The van der Waals surface area contributed by atoms with Crippen LogP contribution in [0.3, 0.4) is 0 Å². The molecule has 4 nitrogen and oxygen atoms in total. The summed E-state index contributed by atoms with van der Waals surface area (Å²) in [5.74, 6) is 1.01. The first-order chi connectivity index (χ1) is 7.20. The number of hydrogen-bond donors (Lipinski definition) is 1. The summed E-state index contributed by atoms with van der Waals surface area (Å²) in [4.78, 5) is 11.1. The van der Waals surface area contributed by atoms with Crippen LogP contribution in [0.5, 0.6) is 11.5 Å². The summed E-state index contributed by atoms with van der Waals surface area (Å²) in [6.45, 7) is 0.182. The lowest BCUT2D eigenvalue weighted by molar-refractivity contribution is -0.113. The summed E-state index contributed by atoms with van der Waals surface area (Å²) in [6.07, 6.45) is 0. The van der Waals surface area contributed by atoms with Crippen molar-refractivity contribution >= 4 is 39.1 Å². The van der Waals surface area contributed by atoms with Crippen LogP contribution in [0, 0.1) is 0 Å². The highest BCUT2D eigenvalue weighted by Gasteiger charge is 2.17. The number of nitrogens with one attached hydrogen (secondary N) is 1. The minimum absolute atomic E-state index is 0.171. The number of anilines is 1. The normalized spacial score (nSPS) is 12.7. The Morgan fingerprint density at radius 1 is 1.47 bits per heavy atom. The van der Waals surface area contributed by atoms with Crippen molar-refractivity contribution in [3.8, 4) is 11.5 Å². The number of ether oxygens (including phenoxy) is 2. The molecule has 80 valence electrons. The van der Waals surface area contributed by atoms with Crippen LogP contribution < -0.4 is 14.8 Å². The highest BCUT2D eigenvalue weighted by atomic mass is 79.9. The molecule has 1 aromatic carbocycles. The zero-order valence-electron chi connectivity index (χ0n) is 7.55. The number of rotatable bonds is 2. The Labute approximate surface area is 99.6 Å². The average Bonchev–Trinajstić information content (AvgIpc) is 2.65. The van der Waals surface area contributed by atoms with Gasteiger partial charge in [0.1, 0.15) is 0 Å². The number of hydrogen-bond acceptors (Lipinski definition) is 3. The molecule has 0 aliphatic carbocycles. The number of fused-ring (bicyclic) bond motifs is 1. The van der Waals surface area contributed by atoms with Crippen LogP contribution in [0.15, 0.2) is 12.1 Å². The molecule has 1 aliphatic heterocycles. The molecule has 2 rings (SSSR count). The lowest BCUT2D eigenvalue weighted by atomic mass is 10.2. The second-order valence-electron chi connectivity index (χ2n) is 2.87. The van der Waals surface area contributed by atoms with Crippen molar-refractivity contribution in [2.75, 3.05) is 17.4 Å². The summed E-state index contributed by atoms with van der Waals surface area (Å²) in [7, 11) is 0. The minimum atomic E-state index is -0.171. The number of halogens is 2. The first-order valence-corrected chi connectivity index (χ1v) is 5.65. The molecule has 0 unspecified atom stereocenters. The Kier molecular flexibility index (Phi) is 3.02. The minimum Gasteiger partial charge on any atom is -0.454 e. The Hall–Kier alpha value is -0.940. The van der Waals surface area contributed by atoms with Crippen LogP contribution in [0.2, 0.25) is 5.02 Å².